The molecule has 1 N–H and O–H groups in total. The summed E-state index contributed by atoms with van der Waals surface area (Å²) in [6.45, 7) is 7.05. The molecule has 0 fully saturated rings. The van der Waals surface area contributed by atoms with Crippen LogP contribution in [0.15, 0.2) is 52.1 Å². The van der Waals surface area contributed by atoms with Gasteiger partial charge < -0.3 is 14.6 Å². The van der Waals surface area contributed by atoms with E-state index in [2.05, 4.69) is 31.4 Å². The van der Waals surface area contributed by atoms with Crippen LogP contribution in [0.25, 0.3) is 0 Å². The van der Waals surface area contributed by atoms with Gasteiger partial charge in [-0.3, -0.25) is 4.79 Å². The molecule has 3 aromatic rings. The van der Waals surface area contributed by atoms with Crippen molar-refractivity contribution in [2.24, 2.45) is 0 Å². The van der Waals surface area contributed by atoms with E-state index in [4.69, 9.17) is 4.74 Å². The Kier molecular flexibility index (Phi) is 7.33. The lowest BCUT2D eigenvalue weighted by Crippen LogP contribution is -2.15. The van der Waals surface area contributed by atoms with Crippen LogP contribution >= 0.6 is 27.7 Å². The molecule has 0 aliphatic carbocycles. The standard InChI is InChI=1S/C21H23BrN4O2S/c1-4-26-19(12-28-18-8-6-5-7-14(18)2)24-25-21(26)29-13-20(27)23-16-9-10-17(22)15(3)11-16/h5-11H,4,12-13H2,1-3H3,(H,23,27). The minimum atomic E-state index is -0.0833. The summed E-state index contributed by atoms with van der Waals surface area (Å²) in [7, 11) is 0. The van der Waals surface area contributed by atoms with Gasteiger partial charge in [0.2, 0.25) is 5.91 Å². The van der Waals surface area contributed by atoms with Gasteiger partial charge in [0, 0.05) is 16.7 Å². The lowest BCUT2D eigenvalue weighted by atomic mass is 10.2. The van der Waals surface area contributed by atoms with Gasteiger partial charge in [-0.1, -0.05) is 45.9 Å². The lowest BCUT2D eigenvalue weighted by molar-refractivity contribution is -0.113. The first kappa shape index (κ1) is 21.4. The summed E-state index contributed by atoms with van der Waals surface area (Å²) in [5, 5.41) is 12.1. The predicted molar refractivity (Wildman–Crippen MR) is 119 cm³/mol. The van der Waals surface area contributed by atoms with Gasteiger partial charge in [-0.25, -0.2) is 0 Å². The molecule has 0 radical (unpaired) electrons. The zero-order valence-electron chi connectivity index (χ0n) is 16.6. The highest BCUT2D eigenvalue weighted by Crippen LogP contribution is 2.22. The number of benzene rings is 2. The van der Waals surface area contributed by atoms with E-state index in [1.165, 1.54) is 11.8 Å². The van der Waals surface area contributed by atoms with Crippen LogP contribution in [0.2, 0.25) is 0 Å². The van der Waals surface area contributed by atoms with Gasteiger partial charge in [0.15, 0.2) is 11.0 Å². The number of aromatic nitrogens is 3. The summed E-state index contributed by atoms with van der Waals surface area (Å²) in [6.07, 6.45) is 0. The van der Waals surface area contributed by atoms with Gasteiger partial charge in [-0.2, -0.15) is 0 Å². The van der Waals surface area contributed by atoms with Gasteiger partial charge in [0.1, 0.15) is 12.4 Å². The minimum Gasteiger partial charge on any atom is -0.485 e. The van der Waals surface area contributed by atoms with Gasteiger partial charge in [0.05, 0.1) is 5.75 Å². The van der Waals surface area contributed by atoms with E-state index in [0.717, 1.165) is 32.9 Å². The average molecular weight is 475 g/mol. The maximum atomic E-state index is 12.3. The Morgan fingerprint density at radius 1 is 1.17 bits per heavy atom. The Bertz CT molecular complexity index is 1010. The number of amides is 1. The van der Waals surface area contributed by atoms with Gasteiger partial charge in [0.25, 0.3) is 0 Å². The molecule has 0 saturated heterocycles. The monoisotopic (exact) mass is 474 g/mol. The average Bonchev–Trinajstić information content (AvgIpc) is 3.10. The summed E-state index contributed by atoms with van der Waals surface area (Å²) in [6, 6.07) is 13.6. The van der Waals surface area contributed by atoms with E-state index in [1.807, 2.05) is 67.8 Å². The van der Waals surface area contributed by atoms with E-state index in [1.54, 1.807) is 0 Å². The summed E-state index contributed by atoms with van der Waals surface area (Å²) >= 11 is 4.83. The second-order valence-corrected chi connectivity index (χ2v) is 8.29. The Morgan fingerprint density at radius 2 is 1.97 bits per heavy atom. The number of carbonyl (C=O) groups is 1. The summed E-state index contributed by atoms with van der Waals surface area (Å²) in [5.74, 6) is 1.74. The van der Waals surface area contributed by atoms with Crippen LogP contribution in [0.3, 0.4) is 0 Å². The number of carbonyl (C=O) groups excluding carboxylic acids is 1. The van der Waals surface area contributed by atoms with E-state index in [9.17, 15) is 4.79 Å². The van der Waals surface area contributed by atoms with Gasteiger partial charge in [-0.15, -0.1) is 10.2 Å². The molecule has 0 unspecified atom stereocenters. The van der Waals surface area contributed by atoms with Crippen molar-refractivity contribution in [2.75, 3.05) is 11.1 Å². The van der Waals surface area contributed by atoms with Gasteiger partial charge in [-0.05, 0) is 56.2 Å². The first-order valence-electron chi connectivity index (χ1n) is 9.27. The molecular formula is C21H23BrN4O2S. The van der Waals surface area contributed by atoms with E-state index >= 15 is 0 Å². The van der Waals surface area contributed by atoms with Crippen LogP contribution in [0.1, 0.15) is 23.9 Å². The zero-order valence-corrected chi connectivity index (χ0v) is 19.0. The number of aryl methyl sites for hydroxylation is 2. The number of nitrogens with one attached hydrogen (secondary N) is 1. The van der Waals surface area contributed by atoms with Crippen LogP contribution in [-0.4, -0.2) is 26.4 Å². The fourth-order valence-electron chi connectivity index (χ4n) is 2.76. The predicted octanol–water partition coefficient (Wildman–Crippen LogP) is 4.99. The van der Waals surface area contributed by atoms with Crippen molar-refractivity contribution in [1.29, 1.82) is 0 Å². The number of thioether (sulfide) groups is 1. The van der Waals surface area contributed by atoms with E-state index in [0.29, 0.717) is 18.3 Å². The third kappa shape index (κ3) is 5.61. The second kappa shape index (κ2) is 9.93. The molecule has 3 rings (SSSR count). The Labute approximate surface area is 183 Å². The number of hydrogen-bond acceptors (Lipinski definition) is 5. The molecule has 0 aliphatic heterocycles. The highest BCUT2D eigenvalue weighted by Gasteiger charge is 2.14. The summed E-state index contributed by atoms with van der Waals surface area (Å²) in [4.78, 5) is 12.3. The SMILES string of the molecule is CCn1c(COc2ccccc2C)nnc1SCC(=O)Nc1ccc(Br)c(C)c1. The molecule has 2 aromatic carbocycles. The van der Waals surface area contributed by atoms with Crippen LogP contribution in [0.5, 0.6) is 5.75 Å². The molecule has 0 atom stereocenters. The first-order chi connectivity index (χ1) is 14.0. The molecule has 1 amide bonds. The van der Waals surface area contributed by atoms with Gasteiger partial charge >= 0.3 is 0 Å². The van der Waals surface area contributed by atoms with Crippen LogP contribution in [0, 0.1) is 13.8 Å². The molecule has 8 heteroatoms. The molecule has 29 heavy (non-hydrogen) atoms. The van der Waals surface area contributed by atoms with Crippen molar-refractivity contribution in [2.45, 2.75) is 39.1 Å². The number of anilines is 1. The van der Waals surface area contributed by atoms with Crippen molar-refractivity contribution in [3.8, 4) is 5.75 Å². The lowest BCUT2D eigenvalue weighted by Gasteiger charge is -2.10. The highest BCUT2D eigenvalue weighted by molar-refractivity contribution is 9.10. The summed E-state index contributed by atoms with van der Waals surface area (Å²) < 4.78 is 8.88. The molecule has 1 heterocycles. The van der Waals surface area contributed by atoms with E-state index < -0.39 is 0 Å². The Balaban J connectivity index is 1.59. The molecule has 0 bridgehead atoms. The van der Waals surface area contributed by atoms with Crippen molar-refractivity contribution in [3.05, 3.63) is 63.9 Å². The number of para-hydroxylation sites is 1. The Hall–Kier alpha value is -2.32. The number of hydrogen-bond donors (Lipinski definition) is 1. The third-order valence-corrected chi connectivity index (χ3v) is 6.19. The molecule has 0 saturated carbocycles. The van der Waals surface area contributed by atoms with Crippen LogP contribution in [0.4, 0.5) is 5.69 Å². The zero-order chi connectivity index (χ0) is 20.8. The molecule has 6 nitrogen and oxygen atoms in total. The molecular weight excluding hydrogens is 452 g/mol. The quantitative estimate of drug-likeness (QED) is 0.465. The largest absolute Gasteiger partial charge is 0.485 e. The van der Waals surface area contributed by atoms with Crippen LogP contribution < -0.4 is 10.1 Å². The normalized spacial score (nSPS) is 10.8. The fraction of sp³-hybridized carbons (Fsp3) is 0.286. The second-order valence-electron chi connectivity index (χ2n) is 6.50. The third-order valence-electron chi connectivity index (χ3n) is 4.33. The number of halogens is 1. The van der Waals surface area contributed by atoms with Crippen molar-refractivity contribution < 1.29 is 9.53 Å². The number of rotatable bonds is 8. The Morgan fingerprint density at radius 3 is 2.69 bits per heavy atom. The highest BCUT2D eigenvalue weighted by atomic mass is 79.9. The van der Waals surface area contributed by atoms with Crippen LogP contribution in [-0.2, 0) is 17.9 Å². The number of nitrogens with zero attached hydrogens (tertiary/aromatic N) is 3. The molecule has 1 aromatic heterocycles. The van der Waals surface area contributed by atoms with E-state index in [-0.39, 0.29) is 11.7 Å². The summed E-state index contributed by atoms with van der Waals surface area (Å²) in [5.41, 5.74) is 2.92. The molecule has 0 aliphatic rings. The topological polar surface area (TPSA) is 69.0 Å². The first-order valence-corrected chi connectivity index (χ1v) is 11.0. The molecule has 0 spiro atoms. The maximum Gasteiger partial charge on any atom is 0.234 e. The fourth-order valence-corrected chi connectivity index (χ4v) is 3.83. The number of ether oxygens (including phenoxy) is 1. The van der Waals surface area contributed by atoms with Crippen molar-refractivity contribution in [1.82, 2.24) is 14.8 Å². The molecule has 152 valence electrons. The minimum absolute atomic E-state index is 0.0833. The van der Waals surface area contributed by atoms with Crippen molar-refractivity contribution >= 4 is 39.3 Å². The smallest absolute Gasteiger partial charge is 0.234 e. The van der Waals surface area contributed by atoms with Crippen molar-refractivity contribution in [3.63, 3.8) is 0 Å². The maximum absolute atomic E-state index is 12.3.